The van der Waals surface area contributed by atoms with Crippen LogP contribution in [0.15, 0.2) is 12.3 Å². The molecule has 0 spiro atoms. The van der Waals surface area contributed by atoms with E-state index >= 15 is 0 Å². The van der Waals surface area contributed by atoms with E-state index in [9.17, 15) is 24.5 Å². The van der Waals surface area contributed by atoms with Crippen LogP contribution in [0.1, 0.15) is 6.92 Å². The van der Waals surface area contributed by atoms with E-state index in [-0.39, 0.29) is 36.6 Å². The summed E-state index contributed by atoms with van der Waals surface area (Å²) >= 11 is 0. The number of rotatable bonds is 6. The van der Waals surface area contributed by atoms with Crippen LogP contribution in [-0.4, -0.2) is 66.5 Å². The average molecular weight is 351 g/mol. The van der Waals surface area contributed by atoms with Crippen molar-refractivity contribution in [1.29, 1.82) is 0 Å². The second-order valence-electron chi connectivity index (χ2n) is 5.08. The lowest BCUT2D eigenvalue weighted by Crippen LogP contribution is -2.49. The lowest BCUT2D eigenvalue weighted by molar-refractivity contribution is -0.384. The van der Waals surface area contributed by atoms with Crippen LogP contribution in [0.3, 0.4) is 0 Å². The second-order valence-corrected chi connectivity index (χ2v) is 5.08. The molecule has 1 aromatic heterocycles. The van der Waals surface area contributed by atoms with Crippen molar-refractivity contribution in [2.45, 2.75) is 6.92 Å². The Hall–Kier alpha value is -3.24. The van der Waals surface area contributed by atoms with Crippen molar-refractivity contribution in [2.24, 2.45) is 0 Å². The Balaban J connectivity index is 2.19. The summed E-state index contributed by atoms with van der Waals surface area (Å²) in [4.78, 5) is 51.9. The van der Waals surface area contributed by atoms with E-state index in [1.807, 2.05) is 0 Å². The van der Waals surface area contributed by atoms with Crippen molar-refractivity contribution in [3.05, 3.63) is 22.4 Å². The standard InChI is InChI=1S/C14H17N5O6/c1-2-25-14(22)17-5-3-16(4-6-17)13-12(19(23)24)7-11(8-15-13)18(9-20)10-21/h7-10H,2-6H2,1H3. The lowest BCUT2D eigenvalue weighted by Gasteiger charge is -2.34. The normalized spacial score (nSPS) is 14.0. The molecule has 0 N–H and O–H groups in total. The molecule has 3 amide bonds. The summed E-state index contributed by atoms with van der Waals surface area (Å²) in [6.45, 7) is 3.36. The Morgan fingerprint density at radius 2 is 2.00 bits per heavy atom. The fraction of sp³-hybridized carbons (Fsp3) is 0.429. The number of carbonyl (C=O) groups is 3. The van der Waals surface area contributed by atoms with Crippen molar-refractivity contribution < 1.29 is 24.0 Å². The van der Waals surface area contributed by atoms with Crippen LogP contribution in [0.25, 0.3) is 0 Å². The number of pyridine rings is 1. The minimum Gasteiger partial charge on any atom is -0.450 e. The summed E-state index contributed by atoms with van der Waals surface area (Å²) in [6.07, 6.45) is 1.27. The number of hydrogen-bond donors (Lipinski definition) is 0. The predicted molar refractivity (Wildman–Crippen MR) is 86.3 cm³/mol. The summed E-state index contributed by atoms with van der Waals surface area (Å²) in [6, 6.07) is 1.11. The Bertz CT molecular complexity index is 666. The molecule has 2 heterocycles. The molecule has 0 bridgehead atoms. The predicted octanol–water partition coefficient (Wildman–Crippen LogP) is 0.387. The van der Waals surface area contributed by atoms with Crippen LogP contribution in [0, 0.1) is 10.1 Å². The lowest BCUT2D eigenvalue weighted by atomic mass is 10.2. The summed E-state index contributed by atoms with van der Waals surface area (Å²) in [5.74, 6) is 0.119. The highest BCUT2D eigenvalue weighted by Crippen LogP contribution is 2.30. The van der Waals surface area contributed by atoms with Gasteiger partial charge in [0.2, 0.25) is 18.6 Å². The molecular weight excluding hydrogens is 334 g/mol. The molecule has 2 rings (SSSR count). The quantitative estimate of drug-likeness (QED) is 0.409. The number of nitrogens with zero attached hydrogens (tertiary/aromatic N) is 5. The number of aromatic nitrogens is 1. The van der Waals surface area contributed by atoms with Crippen molar-refractivity contribution in [2.75, 3.05) is 42.6 Å². The molecule has 11 nitrogen and oxygen atoms in total. The molecule has 0 unspecified atom stereocenters. The van der Waals surface area contributed by atoms with Crippen molar-refractivity contribution in [3.63, 3.8) is 0 Å². The second kappa shape index (κ2) is 8.04. The van der Waals surface area contributed by atoms with E-state index in [1.54, 1.807) is 11.8 Å². The van der Waals surface area contributed by atoms with Crippen LogP contribution in [0.2, 0.25) is 0 Å². The molecular formula is C14H17N5O6. The molecule has 134 valence electrons. The van der Waals surface area contributed by atoms with E-state index in [0.29, 0.717) is 31.1 Å². The zero-order chi connectivity index (χ0) is 18.4. The Kier molecular flexibility index (Phi) is 5.82. The van der Waals surface area contributed by atoms with E-state index in [0.717, 1.165) is 6.07 Å². The molecule has 0 saturated carbocycles. The van der Waals surface area contributed by atoms with E-state index in [4.69, 9.17) is 4.74 Å². The molecule has 0 aromatic carbocycles. The third-order valence-corrected chi connectivity index (χ3v) is 3.66. The number of anilines is 2. The van der Waals surface area contributed by atoms with Gasteiger partial charge in [0.05, 0.1) is 23.4 Å². The van der Waals surface area contributed by atoms with Crippen molar-refractivity contribution >= 4 is 36.1 Å². The molecule has 11 heteroatoms. The van der Waals surface area contributed by atoms with Crippen LogP contribution < -0.4 is 9.80 Å². The fourth-order valence-electron chi connectivity index (χ4n) is 2.42. The molecule has 1 aliphatic rings. The maximum atomic E-state index is 11.7. The first-order valence-electron chi connectivity index (χ1n) is 7.51. The van der Waals surface area contributed by atoms with Crippen molar-refractivity contribution in [1.82, 2.24) is 9.88 Å². The molecule has 25 heavy (non-hydrogen) atoms. The van der Waals surface area contributed by atoms with Gasteiger partial charge >= 0.3 is 11.8 Å². The Morgan fingerprint density at radius 3 is 2.52 bits per heavy atom. The highest BCUT2D eigenvalue weighted by molar-refractivity contribution is 5.95. The molecule has 0 aliphatic carbocycles. The molecule has 1 aromatic rings. The highest BCUT2D eigenvalue weighted by atomic mass is 16.6. The van der Waals surface area contributed by atoms with Crippen LogP contribution in [0.5, 0.6) is 0 Å². The van der Waals surface area contributed by atoms with Crippen LogP contribution in [0.4, 0.5) is 22.0 Å². The van der Waals surface area contributed by atoms with E-state index < -0.39 is 11.0 Å². The molecule has 0 atom stereocenters. The maximum absolute atomic E-state index is 11.7. The Labute approximate surface area is 142 Å². The van der Waals surface area contributed by atoms with Gasteiger partial charge < -0.3 is 14.5 Å². The topological polar surface area (TPSA) is 126 Å². The first kappa shape index (κ1) is 18.1. The first-order valence-corrected chi connectivity index (χ1v) is 7.51. The molecule has 1 aliphatic heterocycles. The van der Waals surface area contributed by atoms with Gasteiger partial charge in [0, 0.05) is 32.2 Å². The number of imide groups is 1. The third-order valence-electron chi connectivity index (χ3n) is 3.66. The minimum absolute atomic E-state index is 0.00519. The number of piperazine rings is 1. The van der Waals surface area contributed by atoms with E-state index in [1.165, 1.54) is 11.1 Å². The number of nitro groups is 1. The van der Waals surface area contributed by atoms with Crippen molar-refractivity contribution in [3.8, 4) is 0 Å². The summed E-state index contributed by atoms with van der Waals surface area (Å²) in [5.41, 5.74) is -0.318. The molecule has 1 fully saturated rings. The molecule has 0 radical (unpaired) electrons. The van der Waals surface area contributed by atoms with Crippen LogP contribution >= 0.6 is 0 Å². The first-order chi connectivity index (χ1) is 12.0. The maximum Gasteiger partial charge on any atom is 0.409 e. The van der Waals surface area contributed by atoms with E-state index in [2.05, 4.69) is 4.98 Å². The fourth-order valence-corrected chi connectivity index (χ4v) is 2.42. The average Bonchev–Trinajstić information content (AvgIpc) is 2.63. The highest BCUT2D eigenvalue weighted by Gasteiger charge is 2.28. The van der Waals surface area contributed by atoms with Gasteiger partial charge in [-0.2, -0.15) is 0 Å². The van der Waals surface area contributed by atoms with Gasteiger partial charge in [-0.1, -0.05) is 0 Å². The summed E-state index contributed by atoms with van der Waals surface area (Å²) < 4.78 is 4.92. The van der Waals surface area contributed by atoms with Gasteiger partial charge in [0.1, 0.15) is 0 Å². The third kappa shape index (κ3) is 4.00. The number of hydrogen-bond acceptors (Lipinski definition) is 8. The van der Waals surface area contributed by atoms with Gasteiger partial charge in [0.25, 0.3) is 0 Å². The number of carbonyl (C=O) groups excluding carboxylic acids is 3. The number of amides is 3. The van der Waals surface area contributed by atoms with Gasteiger partial charge in [-0.25, -0.2) is 9.78 Å². The summed E-state index contributed by atoms with van der Waals surface area (Å²) in [7, 11) is 0. The number of ether oxygens (including phenoxy) is 1. The SMILES string of the molecule is CCOC(=O)N1CCN(c2ncc(N(C=O)C=O)cc2[N+](=O)[O-])CC1. The summed E-state index contributed by atoms with van der Waals surface area (Å²) in [5, 5.41) is 11.3. The van der Waals surface area contributed by atoms with Gasteiger partial charge in [-0.3, -0.25) is 24.6 Å². The Morgan fingerprint density at radius 1 is 1.36 bits per heavy atom. The molecule has 1 saturated heterocycles. The zero-order valence-corrected chi connectivity index (χ0v) is 13.5. The zero-order valence-electron chi connectivity index (χ0n) is 13.5. The smallest absolute Gasteiger partial charge is 0.409 e. The largest absolute Gasteiger partial charge is 0.450 e. The van der Waals surface area contributed by atoms with Gasteiger partial charge in [-0.15, -0.1) is 0 Å². The minimum atomic E-state index is -0.628. The van der Waals surface area contributed by atoms with Gasteiger partial charge in [0.15, 0.2) is 0 Å². The van der Waals surface area contributed by atoms with Gasteiger partial charge in [-0.05, 0) is 6.92 Å². The van der Waals surface area contributed by atoms with Crippen LogP contribution in [-0.2, 0) is 14.3 Å². The monoisotopic (exact) mass is 351 g/mol.